The molecular formula is C13H19N4NaO3. The predicted molar refractivity (Wildman–Crippen MR) is 75.9 cm³/mol. The van der Waals surface area contributed by atoms with Gasteiger partial charge in [-0.3, -0.25) is 13.9 Å². The first-order chi connectivity index (χ1) is 9.43. The molecule has 0 bridgehead atoms. The summed E-state index contributed by atoms with van der Waals surface area (Å²) in [7, 11) is 3.32. The van der Waals surface area contributed by atoms with Crippen LogP contribution in [-0.2, 0) is 25.4 Å². The van der Waals surface area contributed by atoms with Gasteiger partial charge in [-0.05, 0) is 19.8 Å². The Bertz CT molecular complexity index is 778. The van der Waals surface area contributed by atoms with E-state index in [4.69, 9.17) is 0 Å². The summed E-state index contributed by atoms with van der Waals surface area (Å²) in [5.41, 5.74) is 0.108. The molecule has 2 aromatic heterocycles. The van der Waals surface area contributed by atoms with Crippen LogP contribution in [0.5, 0.6) is 0 Å². The Labute approximate surface area is 145 Å². The maximum atomic E-state index is 12.3. The molecule has 2 aromatic rings. The van der Waals surface area contributed by atoms with E-state index in [1.807, 2.05) is 0 Å². The van der Waals surface area contributed by atoms with Crippen LogP contribution in [0.25, 0.3) is 11.2 Å². The molecule has 7 nitrogen and oxygen atoms in total. The van der Waals surface area contributed by atoms with E-state index in [-0.39, 0.29) is 48.0 Å². The van der Waals surface area contributed by atoms with Crippen LogP contribution in [0.3, 0.4) is 0 Å². The second-order valence-electron chi connectivity index (χ2n) is 4.99. The number of carbonyl (C=O) groups excluding carboxylic acids is 1. The van der Waals surface area contributed by atoms with Crippen LogP contribution in [0, 0.1) is 0 Å². The van der Waals surface area contributed by atoms with Gasteiger partial charge in [-0.1, -0.05) is 0 Å². The fourth-order valence-electron chi connectivity index (χ4n) is 2.24. The van der Waals surface area contributed by atoms with Crippen LogP contribution >= 0.6 is 0 Å². The van der Waals surface area contributed by atoms with Crippen LogP contribution in [0.4, 0.5) is 0 Å². The minimum atomic E-state index is -0.371. The van der Waals surface area contributed by atoms with Gasteiger partial charge in [0.2, 0.25) is 0 Å². The molecule has 0 aliphatic carbocycles. The van der Waals surface area contributed by atoms with Crippen molar-refractivity contribution < 1.29 is 35.8 Å². The zero-order valence-electron chi connectivity index (χ0n) is 13.9. The monoisotopic (exact) mass is 302 g/mol. The first-order valence-corrected chi connectivity index (χ1v) is 6.53. The van der Waals surface area contributed by atoms with E-state index in [9.17, 15) is 14.4 Å². The van der Waals surface area contributed by atoms with Crippen molar-refractivity contribution in [1.82, 2.24) is 18.7 Å². The maximum Gasteiger partial charge on any atom is 1.00 e. The summed E-state index contributed by atoms with van der Waals surface area (Å²) >= 11 is 0. The Hall–Kier alpha value is -1.18. The molecule has 0 unspecified atom stereocenters. The summed E-state index contributed by atoms with van der Waals surface area (Å²) in [6, 6.07) is 0. The molecule has 110 valence electrons. The van der Waals surface area contributed by atoms with Gasteiger partial charge in [0, 0.05) is 27.1 Å². The third kappa shape index (κ3) is 3.53. The molecule has 0 saturated carbocycles. The van der Waals surface area contributed by atoms with Crippen LogP contribution in [0.1, 0.15) is 27.6 Å². The summed E-state index contributed by atoms with van der Waals surface area (Å²) in [5.74, 6) is 0.118. The molecule has 0 radical (unpaired) electrons. The molecule has 0 saturated heterocycles. The van der Waals surface area contributed by atoms with Gasteiger partial charge in [-0.2, -0.15) is 0 Å². The van der Waals surface area contributed by atoms with Crippen molar-refractivity contribution in [3.63, 3.8) is 0 Å². The molecule has 21 heavy (non-hydrogen) atoms. The van der Waals surface area contributed by atoms with Crippen molar-refractivity contribution in [3.05, 3.63) is 27.2 Å². The molecule has 0 aliphatic rings. The number of Topliss-reactive ketones (excluding diaryl/α,β-unsaturated/α-hetero) is 1. The van der Waals surface area contributed by atoms with E-state index in [0.29, 0.717) is 37.0 Å². The minimum Gasteiger partial charge on any atom is -1.00 e. The molecule has 0 amide bonds. The average Bonchev–Trinajstić information content (AvgIpc) is 2.77. The Kier molecular flexibility index (Phi) is 6.12. The number of imidazole rings is 1. The van der Waals surface area contributed by atoms with E-state index in [2.05, 4.69) is 4.98 Å². The van der Waals surface area contributed by atoms with Crippen molar-refractivity contribution in [3.8, 4) is 0 Å². The van der Waals surface area contributed by atoms with E-state index >= 15 is 0 Å². The zero-order valence-corrected chi connectivity index (χ0v) is 14.9. The first kappa shape index (κ1) is 17.9. The molecule has 0 aliphatic heterocycles. The fraction of sp³-hybridized carbons (Fsp3) is 0.538. The van der Waals surface area contributed by atoms with Crippen LogP contribution in [0.15, 0.2) is 15.9 Å². The second kappa shape index (κ2) is 7.20. The number of aryl methyl sites for hydroxylation is 2. The van der Waals surface area contributed by atoms with Gasteiger partial charge in [0.1, 0.15) is 5.78 Å². The van der Waals surface area contributed by atoms with Gasteiger partial charge in [0.15, 0.2) is 11.2 Å². The van der Waals surface area contributed by atoms with Crippen LogP contribution in [-0.4, -0.2) is 24.5 Å². The third-order valence-corrected chi connectivity index (χ3v) is 3.36. The number of nitrogens with zero attached hydrogens (tertiary/aromatic N) is 4. The summed E-state index contributed by atoms with van der Waals surface area (Å²) in [5, 5.41) is 0. The van der Waals surface area contributed by atoms with Gasteiger partial charge >= 0.3 is 35.2 Å². The number of aromatic nitrogens is 4. The SMILES string of the molecule is CC(=O)CCCCn1c(=O)c2c(ncn2C)n(C)c1=O.[H-].[Na+]. The molecule has 2 rings (SSSR count). The molecule has 0 atom stereocenters. The number of ketones is 1. The zero-order chi connectivity index (χ0) is 14.9. The van der Waals surface area contributed by atoms with Gasteiger partial charge in [-0.15, -0.1) is 0 Å². The molecular weight excluding hydrogens is 283 g/mol. The van der Waals surface area contributed by atoms with E-state index in [1.54, 1.807) is 18.7 Å². The van der Waals surface area contributed by atoms with Crippen LogP contribution < -0.4 is 40.8 Å². The largest absolute Gasteiger partial charge is 1.00 e. The van der Waals surface area contributed by atoms with Crippen LogP contribution in [0.2, 0.25) is 0 Å². The standard InChI is InChI=1S/C13H18N4O3.Na.H/c1-9(18)6-4-5-7-17-12(19)10-11(14-8-15(10)2)16(3)13(17)20;;/h8H,4-7H2,1-3H3;;/q;+1;-1. The van der Waals surface area contributed by atoms with Gasteiger partial charge in [-0.25, -0.2) is 9.78 Å². The quantitative estimate of drug-likeness (QED) is 0.445. The summed E-state index contributed by atoms with van der Waals surface area (Å²) < 4.78 is 4.20. The fourth-order valence-corrected chi connectivity index (χ4v) is 2.24. The summed E-state index contributed by atoms with van der Waals surface area (Å²) in [6.45, 7) is 1.85. The normalized spacial score (nSPS) is 10.6. The molecule has 0 aromatic carbocycles. The van der Waals surface area contributed by atoms with E-state index in [1.165, 1.54) is 22.4 Å². The number of carbonyl (C=O) groups is 1. The minimum absolute atomic E-state index is 0. The molecule has 2 heterocycles. The Morgan fingerprint density at radius 3 is 2.57 bits per heavy atom. The Morgan fingerprint density at radius 2 is 1.95 bits per heavy atom. The average molecular weight is 302 g/mol. The van der Waals surface area contributed by atoms with E-state index < -0.39 is 0 Å². The van der Waals surface area contributed by atoms with Crippen molar-refractivity contribution >= 4 is 16.9 Å². The third-order valence-electron chi connectivity index (χ3n) is 3.36. The summed E-state index contributed by atoms with van der Waals surface area (Å²) in [6.07, 6.45) is 3.29. The molecule has 8 heteroatoms. The van der Waals surface area contributed by atoms with E-state index in [0.717, 1.165) is 0 Å². The molecule has 0 fully saturated rings. The number of hydrogen-bond donors (Lipinski definition) is 0. The smallest absolute Gasteiger partial charge is 1.00 e. The van der Waals surface area contributed by atoms with Crippen molar-refractivity contribution in [2.24, 2.45) is 14.1 Å². The van der Waals surface area contributed by atoms with Gasteiger partial charge in [0.05, 0.1) is 6.33 Å². The molecule has 0 N–H and O–H groups in total. The molecule has 0 spiro atoms. The van der Waals surface area contributed by atoms with Gasteiger partial charge in [0.25, 0.3) is 5.56 Å². The second-order valence-corrected chi connectivity index (χ2v) is 4.99. The van der Waals surface area contributed by atoms with Crippen molar-refractivity contribution in [2.75, 3.05) is 0 Å². The summed E-state index contributed by atoms with van der Waals surface area (Å²) in [4.78, 5) is 39.4. The Morgan fingerprint density at radius 1 is 1.29 bits per heavy atom. The number of hydrogen-bond acceptors (Lipinski definition) is 4. The predicted octanol–water partition coefficient (Wildman–Crippen LogP) is -2.69. The first-order valence-electron chi connectivity index (χ1n) is 6.53. The topological polar surface area (TPSA) is 78.9 Å². The van der Waals surface area contributed by atoms with Gasteiger partial charge < -0.3 is 10.8 Å². The van der Waals surface area contributed by atoms with Crippen molar-refractivity contribution in [1.29, 1.82) is 0 Å². The maximum absolute atomic E-state index is 12.3. The number of rotatable bonds is 5. The number of unbranched alkanes of at least 4 members (excludes halogenated alkanes) is 1. The number of fused-ring (bicyclic) bond motifs is 1. The van der Waals surface area contributed by atoms with Crippen molar-refractivity contribution in [2.45, 2.75) is 32.7 Å². The Balaban J connectivity index is 0.00000220.